The number of carbonyl (C=O) groups is 1. The van der Waals surface area contributed by atoms with Crippen LogP contribution >= 0.6 is 0 Å². The lowest BCUT2D eigenvalue weighted by molar-refractivity contribution is 0.0910. The van der Waals surface area contributed by atoms with E-state index in [0.717, 1.165) is 12.8 Å². The molecule has 2 rings (SSSR count). The van der Waals surface area contributed by atoms with E-state index in [4.69, 9.17) is 5.73 Å². The maximum atomic E-state index is 12.1. The molecule has 0 spiro atoms. The Morgan fingerprint density at radius 1 is 1.37 bits per heavy atom. The topological polar surface area (TPSA) is 88.0 Å². The van der Waals surface area contributed by atoms with Gasteiger partial charge in [-0.05, 0) is 24.8 Å². The average Bonchev–Trinajstić information content (AvgIpc) is 2.45. The molecule has 1 heterocycles. The summed E-state index contributed by atoms with van der Waals surface area (Å²) in [6, 6.07) is 4.56. The summed E-state index contributed by atoms with van der Waals surface area (Å²) in [6.45, 7) is 0.438. The predicted octanol–water partition coefficient (Wildman–Crippen LogP) is 1.01. The van der Waals surface area contributed by atoms with E-state index in [9.17, 15) is 9.59 Å². The van der Waals surface area contributed by atoms with Crippen LogP contribution in [0.25, 0.3) is 0 Å². The minimum Gasteiger partial charge on any atom is -0.346 e. The van der Waals surface area contributed by atoms with Crippen LogP contribution in [0.3, 0.4) is 0 Å². The summed E-state index contributed by atoms with van der Waals surface area (Å²) in [5, 5.41) is 2.95. The number of amides is 1. The molecule has 19 heavy (non-hydrogen) atoms. The fraction of sp³-hybridized carbons (Fsp3) is 0.571. The Balaban J connectivity index is 2.01. The van der Waals surface area contributed by atoms with Crippen molar-refractivity contribution >= 4 is 5.91 Å². The summed E-state index contributed by atoms with van der Waals surface area (Å²) >= 11 is 0. The summed E-state index contributed by atoms with van der Waals surface area (Å²) in [5.74, 6) is 0.205. The van der Waals surface area contributed by atoms with Gasteiger partial charge in [0.1, 0.15) is 5.69 Å². The minimum atomic E-state index is -0.269. The molecule has 1 amide bonds. The molecule has 1 saturated carbocycles. The molecular weight excluding hydrogens is 242 g/mol. The van der Waals surface area contributed by atoms with Crippen LogP contribution in [-0.2, 0) is 0 Å². The molecule has 0 radical (unpaired) electrons. The van der Waals surface area contributed by atoms with E-state index in [-0.39, 0.29) is 17.5 Å². The standard InChI is InChI=1S/C14H21N3O2/c15-9-12(10-5-2-1-3-6-10)17-14(19)11-7-4-8-13(18)16-11/h4,7-8,10,12H,1-3,5-6,9,15H2,(H,16,18)(H,17,19). The Labute approximate surface area is 112 Å². The molecule has 1 fully saturated rings. The third-order valence-corrected chi connectivity index (χ3v) is 3.80. The van der Waals surface area contributed by atoms with Gasteiger partial charge in [0.05, 0.1) is 0 Å². The normalized spacial score (nSPS) is 17.9. The largest absolute Gasteiger partial charge is 0.346 e. The van der Waals surface area contributed by atoms with Crippen molar-refractivity contribution in [1.29, 1.82) is 0 Å². The number of rotatable bonds is 4. The highest BCUT2D eigenvalue weighted by atomic mass is 16.2. The molecule has 0 aliphatic heterocycles. The fourth-order valence-corrected chi connectivity index (χ4v) is 2.73. The van der Waals surface area contributed by atoms with Crippen molar-refractivity contribution in [3.63, 3.8) is 0 Å². The number of hydrogen-bond acceptors (Lipinski definition) is 3. The minimum absolute atomic E-state index is 0.00323. The van der Waals surface area contributed by atoms with Gasteiger partial charge >= 0.3 is 0 Å². The molecular formula is C14H21N3O2. The van der Waals surface area contributed by atoms with Gasteiger partial charge in [-0.15, -0.1) is 0 Å². The van der Waals surface area contributed by atoms with E-state index >= 15 is 0 Å². The lowest BCUT2D eigenvalue weighted by atomic mass is 9.84. The van der Waals surface area contributed by atoms with Gasteiger partial charge in [-0.2, -0.15) is 0 Å². The Kier molecular flexibility index (Phi) is 4.74. The zero-order chi connectivity index (χ0) is 13.7. The molecule has 0 saturated heterocycles. The molecule has 1 unspecified atom stereocenters. The number of nitrogens with one attached hydrogen (secondary N) is 2. The van der Waals surface area contributed by atoms with Crippen LogP contribution in [0.1, 0.15) is 42.6 Å². The van der Waals surface area contributed by atoms with Crippen LogP contribution in [0, 0.1) is 5.92 Å². The quantitative estimate of drug-likeness (QED) is 0.757. The Hall–Kier alpha value is -1.62. The first kappa shape index (κ1) is 13.8. The number of hydrogen-bond donors (Lipinski definition) is 3. The second-order valence-corrected chi connectivity index (χ2v) is 5.14. The van der Waals surface area contributed by atoms with Crippen LogP contribution in [0.15, 0.2) is 23.0 Å². The van der Waals surface area contributed by atoms with Gasteiger partial charge in [-0.1, -0.05) is 25.3 Å². The molecule has 5 nitrogen and oxygen atoms in total. The van der Waals surface area contributed by atoms with Crippen LogP contribution in [0.2, 0.25) is 0 Å². The van der Waals surface area contributed by atoms with Crippen molar-refractivity contribution in [2.75, 3.05) is 6.54 Å². The van der Waals surface area contributed by atoms with Crippen LogP contribution in [0.5, 0.6) is 0 Å². The van der Waals surface area contributed by atoms with Crippen molar-refractivity contribution < 1.29 is 4.79 Å². The van der Waals surface area contributed by atoms with E-state index in [0.29, 0.717) is 18.2 Å². The van der Waals surface area contributed by atoms with Crippen molar-refractivity contribution in [2.45, 2.75) is 38.1 Å². The summed E-state index contributed by atoms with van der Waals surface area (Å²) in [4.78, 5) is 25.8. The molecule has 4 N–H and O–H groups in total. The summed E-state index contributed by atoms with van der Waals surface area (Å²) in [5.41, 5.74) is 5.80. The van der Waals surface area contributed by atoms with Crippen molar-refractivity contribution in [2.24, 2.45) is 11.7 Å². The van der Waals surface area contributed by atoms with E-state index < -0.39 is 0 Å². The van der Waals surface area contributed by atoms with Gasteiger partial charge in [0.15, 0.2) is 0 Å². The van der Waals surface area contributed by atoms with Crippen molar-refractivity contribution in [3.8, 4) is 0 Å². The van der Waals surface area contributed by atoms with Gasteiger partial charge < -0.3 is 16.0 Å². The molecule has 1 aliphatic carbocycles. The zero-order valence-electron chi connectivity index (χ0n) is 11.0. The number of carbonyl (C=O) groups excluding carboxylic acids is 1. The summed E-state index contributed by atoms with van der Waals surface area (Å²) in [6.07, 6.45) is 5.92. The monoisotopic (exact) mass is 263 g/mol. The first-order chi connectivity index (χ1) is 9.20. The molecule has 1 aromatic rings. The molecule has 0 bridgehead atoms. The third kappa shape index (κ3) is 3.67. The van der Waals surface area contributed by atoms with E-state index in [1.54, 1.807) is 12.1 Å². The second-order valence-electron chi connectivity index (χ2n) is 5.14. The highest BCUT2D eigenvalue weighted by Crippen LogP contribution is 2.26. The second kappa shape index (κ2) is 6.52. The van der Waals surface area contributed by atoms with Crippen LogP contribution in [0.4, 0.5) is 0 Å². The molecule has 1 aromatic heterocycles. The summed E-state index contributed by atoms with van der Waals surface area (Å²) < 4.78 is 0. The fourth-order valence-electron chi connectivity index (χ4n) is 2.73. The number of H-pyrrole nitrogens is 1. The molecule has 5 heteroatoms. The maximum absolute atomic E-state index is 12.1. The lowest BCUT2D eigenvalue weighted by Gasteiger charge is -2.30. The first-order valence-corrected chi connectivity index (χ1v) is 6.91. The highest BCUT2D eigenvalue weighted by molar-refractivity contribution is 5.92. The van der Waals surface area contributed by atoms with Gasteiger partial charge in [-0.25, -0.2) is 0 Å². The zero-order valence-corrected chi connectivity index (χ0v) is 11.0. The third-order valence-electron chi connectivity index (χ3n) is 3.80. The van der Waals surface area contributed by atoms with Gasteiger partial charge in [0.2, 0.25) is 5.56 Å². The molecule has 1 aliphatic rings. The van der Waals surface area contributed by atoms with E-state index in [1.807, 2.05) is 0 Å². The van der Waals surface area contributed by atoms with Crippen molar-refractivity contribution in [1.82, 2.24) is 10.3 Å². The highest BCUT2D eigenvalue weighted by Gasteiger charge is 2.24. The van der Waals surface area contributed by atoms with Crippen molar-refractivity contribution in [3.05, 3.63) is 34.2 Å². The van der Waals surface area contributed by atoms with Crippen LogP contribution < -0.4 is 16.6 Å². The molecule has 0 aromatic carbocycles. The summed E-state index contributed by atoms with van der Waals surface area (Å²) in [7, 11) is 0. The van der Waals surface area contributed by atoms with Gasteiger partial charge in [-0.3, -0.25) is 9.59 Å². The molecule has 1 atom stereocenters. The number of nitrogens with two attached hydrogens (primary N) is 1. The number of aromatic nitrogens is 1. The first-order valence-electron chi connectivity index (χ1n) is 6.91. The number of aromatic amines is 1. The smallest absolute Gasteiger partial charge is 0.268 e. The predicted molar refractivity (Wildman–Crippen MR) is 73.9 cm³/mol. The number of pyridine rings is 1. The van der Waals surface area contributed by atoms with E-state index in [1.165, 1.54) is 25.3 Å². The van der Waals surface area contributed by atoms with Gasteiger partial charge in [0.25, 0.3) is 5.91 Å². The van der Waals surface area contributed by atoms with E-state index in [2.05, 4.69) is 10.3 Å². The SMILES string of the molecule is NCC(NC(=O)c1cccc(=O)[nH]1)C1CCCCC1. The Morgan fingerprint density at radius 2 is 2.11 bits per heavy atom. The maximum Gasteiger partial charge on any atom is 0.268 e. The van der Waals surface area contributed by atoms with Gasteiger partial charge in [0, 0.05) is 18.7 Å². The Bertz CT molecular complexity index is 478. The average molecular weight is 263 g/mol. The molecule has 104 valence electrons. The Morgan fingerprint density at radius 3 is 2.74 bits per heavy atom. The van der Waals surface area contributed by atoms with Crippen LogP contribution in [-0.4, -0.2) is 23.5 Å². The lowest BCUT2D eigenvalue weighted by Crippen LogP contribution is -2.46.